The van der Waals surface area contributed by atoms with Gasteiger partial charge in [0, 0.05) is 26.2 Å². The number of piperazine rings is 1. The van der Waals surface area contributed by atoms with E-state index in [0.29, 0.717) is 42.6 Å². The molecule has 1 aromatic heterocycles. The van der Waals surface area contributed by atoms with Crippen molar-refractivity contribution in [2.75, 3.05) is 31.5 Å². The molecule has 1 aliphatic rings. The number of furan rings is 1. The lowest BCUT2D eigenvalue weighted by Gasteiger charge is -2.34. The molecule has 1 saturated heterocycles. The first kappa shape index (κ1) is 15.4. The van der Waals surface area contributed by atoms with Crippen LogP contribution in [0.25, 0.3) is 0 Å². The van der Waals surface area contributed by atoms with Gasteiger partial charge in [-0.2, -0.15) is 0 Å². The van der Waals surface area contributed by atoms with Crippen LogP contribution in [0, 0.1) is 0 Å². The number of nitrogens with zero attached hydrogens (tertiary/aromatic N) is 2. The maximum Gasteiger partial charge on any atom is 0.322 e. The van der Waals surface area contributed by atoms with E-state index in [4.69, 9.17) is 16.0 Å². The predicted molar refractivity (Wildman–Crippen MR) is 86.7 cm³/mol. The highest BCUT2D eigenvalue weighted by molar-refractivity contribution is 6.33. The normalized spacial score (nSPS) is 14.7. The van der Waals surface area contributed by atoms with Gasteiger partial charge in [0.05, 0.1) is 17.0 Å². The lowest BCUT2D eigenvalue weighted by molar-refractivity contribution is 0.0640. The van der Waals surface area contributed by atoms with Crippen molar-refractivity contribution in [2.45, 2.75) is 0 Å². The number of anilines is 1. The Bertz CT molecular complexity index is 694. The number of para-hydroxylation sites is 1. The molecule has 3 rings (SSSR count). The van der Waals surface area contributed by atoms with E-state index in [1.54, 1.807) is 40.1 Å². The van der Waals surface area contributed by atoms with Crippen molar-refractivity contribution in [3.8, 4) is 0 Å². The quantitative estimate of drug-likeness (QED) is 0.919. The smallest absolute Gasteiger partial charge is 0.322 e. The Labute approximate surface area is 138 Å². The third-order valence-corrected chi connectivity index (χ3v) is 4.03. The highest BCUT2D eigenvalue weighted by Crippen LogP contribution is 2.21. The first-order valence-corrected chi connectivity index (χ1v) is 7.66. The second-order valence-electron chi connectivity index (χ2n) is 5.17. The number of urea groups is 1. The number of rotatable bonds is 2. The highest BCUT2D eigenvalue weighted by atomic mass is 35.5. The van der Waals surface area contributed by atoms with Gasteiger partial charge in [-0.1, -0.05) is 23.7 Å². The van der Waals surface area contributed by atoms with Gasteiger partial charge < -0.3 is 19.5 Å². The number of carbonyl (C=O) groups excluding carboxylic acids is 2. The Balaban J connectivity index is 1.55. The molecule has 2 aromatic rings. The molecule has 0 aliphatic carbocycles. The van der Waals surface area contributed by atoms with Crippen LogP contribution in [0.3, 0.4) is 0 Å². The molecule has 7 heteroatoms. The number of hydrogen-bond acceptors (Lipinski definition) is 3. The Hall–Kier alpha value is -2.47. The minimum Gasteiger partial charge on any atom is -0.459 e. The molecule has 0 unspecified atom stereocenters. The molecule has 0 saturated carbocycles. The largest absolute Gasteiger partial charge is 0.459 e. The number of hydrogen-bond donors (Lipinski definition) is 1. The molecule has 3 amide bonds. The van der Waals surface area contributed by atoms with Crippen molar-refractivity contribution < 1.29 is 14.0 Å². The molecule has 1 fully saturated rings. The molecule has 0 atom stereocenters. The zero-order valence-corrected chi connectivity index (χ0v) is 13.1. The van der Waals surface area contributed by atoms with Gasteiger partial charge in [0.25, 0.3) is 5.91 Å². The Morgan fingerprint density at radius 1 is 1.00 bits per heavy atom. The lowest BCUT2D eigenvalue weighted by atomic mass is 10.3. The summed E-state index contributed by atoms with van der Waals surface area (Å²) in [4.78, 5) is 27.8. The minimum absolute atomic E-state index is 0.152. The summed E-state index contributed by atoms with van der Waals surface area (Å²) in [5.41, 5.74) is 0.577. The molecular formula is C16H16ClN3O3. The van der Waals surface area contributed by atoms with Crippen LogP contribution in [-0.2, 0) is 0 Å². The van der Waals surface area contributed by atoms with E-state index in [0.717, 1.165) is 0 Å². The topological polar surface area (TPSA) is 65.8 Å². The molecule has 0 radical (unpaired) electrons. The van der Waals surface area contributed by atoms with Crippen LogP contribution in [0.4, 0.5) is 10.5 Å². The number of amides is 3. The zero-order valence-electron chi connectivity index (χ0n) is 12.4. The summed E-state index contributed by atoms with van der Waals surface area (Å²) in [6.07, 6.45) is 1.47. The van der Waals surface area contributed by atoms with E-state index in [-0.39, 0.29) is 11.9 Å². The van der Waals surface area contributed by atoms with Crippen molar-refractivity contribution in [3.63, 3.8) is 0 Å². The zero-order chi connectivity index (χ0) is 16.2. The van der Waals surface area contributed by atoms with Crippen molar-refractivity contribution in [3.05, 3.63) is 53.4 Å². The number of halogens is 1. The summed E-state index contributed by atoms with van der Waals surface area (Å²) >= 11 is 6.03. The molecule has 120 valence electrons. The molecule has 2 heterocycles. The van der Waals surface area contributed by atoms with E-state index >= 15 is 0 Å². The summed E-state index contributed by atoms with van der Waals surface area (Å²) in [5.74, 6) is 0.167. The first-order chi connectivity index (χ1) is 11.1. The maximum atomic E-state index is 12.3. The fourth-order valence-corrected chi connectivity index (χ4v) is 2.61. The van der Waals surface area contributed by atoms with Crippen LogP contribution in [-0.4, -0.2) is 47.9 Å². The van der Waals surface area contributed by atoms with Gasteiger partial charge in [-0.3, -0.25) is 4.79 Å². The maximum absolute atomic E-state index is 12.3. The fraction of sp³-hybridized carbons (Fsp3) is 0.250. The van der Waals surface area contributed by atoms with Crippen molar-refractivity contribution in [1.29, 1.82) is 0 Å². The van der Waals surface area contributed by atoms with Crippen molar-refractivity contribution in [2.24, 2.45) is 0 Å². The van der Waals surface area contributed by atoms with Gasteiger partial charge in [0.1, 0.15) is 0 Å². The molecule has 6 nitrogen and oxygen atoms in total. The highest BCUT2D eigenvalue weighted by Gasteiger charge is 2.26. The van der Waals surface area contributed by atoms with Crippen molar-refractivity contribution in [1.82, 2.24) is 9.80 Å². The van der Waals surface area contributed by atoms with Crippen LogP contribution in [0.15, 0.2) is 47.1 Å². The van der Waals surface area contributed by atoms with Crippen LogP contribution in [0.5, 0.6) is 0 Å². The number of carbonyl (C=O) groups is 2. The average molecular weight is 334 g/mol. The molecule has 0 spiro atoms. The van der Waals surface area contributed by atoms with Crippen LogP contribution in [0.2, 0.25) is 5.02 Å². The standard InChI is InChI=1S/C16H16ClN3O3/c17-12-4-1-2-5-13(12)18-16(22)20-9-7-19(8-10-20)15(21)14-6-3-11-23-14/h1-6,11H,7-10H2,(H,18,22). The summed E-state index contributed by atoms with van der Waals surface area (Å²) in [6.45, 7) is 1.86. The van der Waals surface area contributed by atoms with E-state index in [1.807, 2.05) is 6.07 Å². The molecule has 23 heavy (non-hydrogen) atoms. The van der Waals surface area contributed by atoms with Gasteiger partial charge in [-0.25, -0.2) is 4.79 Å². The van der Waals surface area contributed by atoms with Crippen LogP contribution < -0.4 is 5.32 Å². The summed E-state index contributed by atoms with van der Waals surface area (Å²) in [7, 11) is 0. The van der Waals surface area contributed by atoms with Crippen LogP contribution >= 0.6 is 11.6 Å². The predicted octanol–water partition coefficient (Wildman–Crippen LogP) is 2.92. The summed E-state index contributed by atoms with van der Waals surface area (Å²) < 4.78 is 5.12. The second kappa shape index (κ2) is 6.75. The van der Waals surface area contributed by atoms with Gasteiger partial charge in [-0.15, -0.1) is 0 Å². The molecular weight excluding hydrogens is 318 g/mol. The molecule has 1 N–H and O–H groups in total. The third-order valence-electron chi connectivity index (χ3n) is 3.70. The first-order valence-electron chi connectivity index (χ1n) is 7.28. The number of nitrogens with one attached hydrogen (secondary N) is 1. The monoisotopic (exact) mass is 333 g/mol. The average Bonchev–Trinajstić information content (AvgIpc) is 3.11. The van der Waals surface area contributed by atoms with E-state index in [1.165, 1.54) is 6.26 Å². The summed E-state index contributed by atoms with van der Waals surface area (Å²) in [6, 6.07) is 10.2. The van der Waals surface area contributed by atoms with Gasteiger partial charge in [-0.05, 0) is 24.3 Å². The Kier molecular flexibility index (Phi) is 4.52. The lowest BCUT2D eigenvalue weighted by Crippen LogP contribution is -2.51. The third kappa shape index (κ3) is 3.48. The number of benzene rings is 1. The molecule has 0 bridgehead atoms. The van der Waals surface area contributed by atoms with E-state index in [9.17, 15) is 9.59 Å². The van der Waals surface area contributed by atoms with Crippen molar-refractivity contribution >= 4 is 29.2 Å². The SMILES string of the molecule is O=C(Nc1ccccc1Cl)N1CCN(C(=O)c2ccco2)CC1. The fourth-order valence-electron chi connectivity index (χ4n) is 2.43. The van der Waals surface area contributed by atoms with E-state index < -0.39 is 0 Å². The Morgan fingerprint density at radius 3 is 2.35 bits per heavy atom. The molecule has 1 aromatic carbocycles. The van der Waals surface area contributed by atoms with E-state index in [2.05, 4.69) is 5.32 Å². The van der Waals surface area contributed by atoms with Gasteiger partial charge in [0.15, 0.2) is 5.76 Å². The minimum atomic E-state index is -0.219. The van der Waals surface area contributed by atoms with Crippen LogP contribution in [0.1, 0.15) is 10.6 Å². The second-order valence-corrected chi connectivity index (χ2v) is 5.57. The van der Waals surface area contributed by atoms with Gasteiger partial charge >= 0.3 is 6.03 Å². The Morgan fingerprint density at radius 2 is 1.70 bits per heavy atom. The molecule has 1 aliphatic heterocycles. The summed E-state index contributed by atoms with van der Waals surface area (Å²) in [5, 5.41) is 3.28. The van der Waals surface area contributed by atoms with Gasteiger partial charge in [0.2, 0.25) is 0 Å².